The largest absolute Gasteiger partial charge is 0.489 e. The van der Waals surface area contributed by atoms with E-state index in [4.69, 9.17) is 21.4 Å². The molecule has 1 aliphatic carbocycles. The first-order chi connectivity index (χ1) is 8.25. The van der Waals surface area contributed by atoms with Gasteiger partial charge in [-0.15, -0.1) is 0 Å². The lowest BCUT2D eigenvalue weighted by Gasteiger charge is -2.23. The van der Waals surface area contributed by atoms with Crippen LogP contribution in [0.25, 0.3) is 0 Å². The van der Waals surface area contributed by atoms with E-state index in [1.54, 1.807) is 0 Å². The molecule has 0 bridgehead atoms. The van der Waals surface area contributed by atoms with Gasteiger partial charge in [-0.2, -0.15) is 0 Å². The average Bonchev–Trinajstić information content (AvgIpc) is 2.38. The van der Waals surface area contributed by atoms with Crippen molar-refractivity contribution in [3.05, 3.63) is 27.7 Å². The summed E-state index contributed by atoms with van der Waals surface area (Å²) in [6.07, 6.45) is 6.55. The third kappa shape index (κ3) is 4.86. The van der Waals surface area contributed by atoms with Crippen LogP contribution in [-0.2, 0) is 0 Å². The average molecular weight is 322 g/mol. The van der Waals surface area contributed by atoms with Crippen LogP contribution >= 0.6 is 27.5 Å². The van der Waals surface area contributed by atoms with Crippen molar-refractivity contribution >= 4 is 27.5 Å². The van der Waals surface area contributed by atoms with Gasteiger partial charge in [0.25, 0.3) is 0 Å². The van der Waals surface area contributed by atoms with Gasteiger partial charge in [-0.05, 0) is 43.9 Å². The highest BCUT2D eigenvalue weighted by Gasteiger charge is 2.16. The van der Waals surface area contributed by atoms with Crippen molar-refractivity contribution in [2.45, 2.75) is 38.2 Å². The summed E-state index contributed by atoms with van der Waals surface area (Å²) in [6.45, 7) is 0. The van der Waals surface area contributed by atoms with Gasteiger partial charge >= 0.3 is 0 Å². The van der Waals surface area contributed by atoms with Crippen LogP contribution < -0.4 is 4.74 Å². The van der Waals surface area contributed by atoms with E-state index in [2.05, 4.69) is 15.9 Å². The van der Waals surface area contributed by atoms with Crippen LogP contribution in [0.1, 0.15) is 32.1 Å². The maximum Gasteiger partial charge on any atom is 0.139 e. The maximum atomic E-state index is 7.00. The molecule has 17 heavy (non-hydrogen) atoms. The first-order valence-corrected chi connectivity index (χ1v) is 6.99. The van der Waals surface area contributed by atoms with Gasteiger partial charge in [0, 0.05) is 11.6 Å². The molecule has 1 N–H and O–H groups in total. The highest BCUT2D eigenvalue weighted by Crippen LogP contribution is 2.31. The second kappa shape index (κ2) is 7.96. The second-order valence-electron chi connectivity index (χ2n) is 3.95. The Morgan fingerprint density at radius 1 is 1.24 bits per heavy atom. The monoisotopic (exact) mass is 320 g/mol. The van der Waals surface area contributed by atoms with E-state index >= 15 is 0 Å². The van der Waals surface area contributed by atoms with E-state index in [1.807, 2.05) is 18.2 Å². The summed E-state index contributed by atoms with van der Waals surface area (Å²) in [7, 11) is 1.00. The summed E-state index contributed by atoms with van der Waals surface area (Å²) in [4.78, 5) is 0. The SMILES string of the molecule is CO.Clc1ccc(Br)cc1OC1CCCCC1. The minimum Gasteiger partial charge on any atom is -0.489 e. The molecule has 1 fully saturated rings. The molecule has 0 spiro atoms. The van der Waals surface area contributed by atoms with Crippen molar-refractivity contribution in [1.29, 1.82) is 0 Å². The van der Waals surface area contributed by atoms with Gasteiger partial charge in [-0.1, -0.05) is 34.0 Å². The summed E-state index contributed by atoms with van der Waals surface area (Å²) in [6, 6.07) is 5.73. The van der Waals surface area contributed by atoms with E-state index in [9.17, 15) is 0 Å². The highest BCUT2D eigenvalue weighted by atomic mass is 79.9. The fraction of sp³-hybridized carbons (Fsp3) is 0.538. The third-order valence-corrected chi connectivity index (χ3v) is 3.54. The summed E-state index contributed by atoms with van der Waals surface area (Å²) in [5, 5.41) is 7.70. The number of hydrogen-bond acceptors (Lipinski definition) is 2. The Morgan fingerprint density at radius 2 is 1.88 bits per heavy atom. The van der Waals surface area contributed by atoms with E-state index in [-0.39, 0.29) is 0 Å². The second-order valence-corrected chi connectivity index (χ2v) is 5.28. The van der Waals surface area contributed by atoms with Gasteiger partial charge in [0.05, 0.1) is 11.1 Å². The van der Waals surface area contributed by atoms with E-state index in [0.717, 1.165) is 30.2 Å². The minimum absolute atomic E-state index is 0.352. The molecule has 0 unspecified atom stereocenters. The van der Waals surface area contributed by atoms with Crippen molar-refractivity contribution in [1.82, 2.24) is 0 Å². The summed E-state index contributed by atoms with van der Waals surface area (Å²) in [5.74, 6) is 0.804. The molecule has 2 nitrogen and oxygen atoms in total. The van der Waals surface area contributed by atoms with Gasteiger partial charge in [0.2, 0.25) is 0 Å². The van der Waals surface area contributed by atoms with Crippen LogP contribution in [0.3, 0.4) is 0 Å². The lowest BCUT2D eigenvalue weighted by Crippen LogP contribution is -2.19. The van der Waals surface area contributed by atoms with E-state index in [1.165, 1.54) is 19.3 Å². The topological polar surface area (TPSA) is 29.5 Å². The summed E-state index contributed by atoms with van der Waals surface area (Å²) < 4.78 is 6.92. The van der Waals surface area contributed by atoms with Gasteiger partial charge in [-0.3, -0.25) is 0 Å². The van der Waals surface area contributed by atoms with Crippen molar-refractivity contribution in [2.75, 3.05) is 7.11 Å². The van der Waals surface area contributed by atoms with Crippen molar-refractivity contribution in [3.63, 3.8) is 0 Å². The van der Waals surface area contributed by atoms with Crippen LogP contribution in [0.15, 0.2) is 22.7 Å². The van der Waals surface area contributed by atoms with Gasteiger partial charge < -0.3 is 9.84 Å². The van der Waals surface area contributed by atoms with Gasteiger partial charge in [0.15, 0.2) is 0 Å². The Morgan fingerprint density at radius 3 is 2.53 bits per heavy atom. The molecule has 1 saturated carbocycles. The molecule has 2 rings (SSSR count). The molecule has 0 amide bonds. The summed E-state index contributed by atoms with van der Waals surface area (Å²) >= 11 is 9.49. The Labute approximate surface area is 116 Å². The van der Waals surface area contributed by atoms with Crippen molar-refractivity contribution in [3.8, 4) is 5.75 Å². The van der Waals surface area contributed by atoms with Crippen LogP contribution in [0.4, 0.5) is 0 Å². The Kier molecular flexibility index (Phi) is 6.93. The zero-order valence-electron chi connectivity index (χ0n) is 9.96. The standard InChI is InChI=1S/C12H14BrClO.CH4O/c13-9-6-7-11(14)12(8-9)15-10-4-2-1-3-5-10;1-2/h6-8,10H,1-5H2;2H,1H3. The number of rotatable bonds is 2. The highest BCUT2D eigenvalue weighted by molar-refractivity contribution is 9.10. The normalized spacial score (nSPS) is 16.0. The smallest absolute Gasteiger partial charge is 0.139 e. The maximum absolute atomic E-state index is 7.00. The molecule has 0 aromatic heterocycles. The van der Waals surface area contributed by atoms with E-state index in [0.29, 0.717) is 11.1 Å². The van der Waals surface area contributed by atoms with Crippen LogP contribution in [0.5, 0.6) is 5.75 Å². The molecule has 96 valence electrons. The Hall–Kier alpha value is -0.250. The molecule has 4 heteroatoms. The molecule has 0 radical (unpaired) electrons. The summed E-state index contributed by atoms with van der Waals surface area (Å²) in [5.41, 5.74) is 0. The molecule has 0 heterocycles. The third-order valence-electron chi connectivity index (χ3n) is 2.74. The molecule has 1 aromatic rings. The number of aliphatic hydroxyl groups excluding tert-OH is 1. The van der Waals surface area contributed by atoms with Crippen molar-refractivity contribution in [2.24, 2.45) is 0 Å². The number of aliphatic hydroxyl groups is 1. The fourth-order valence-corrected chi connectivity index (χ4v) is 2.43. The Balaban J connectivity index is 0.000000686. The lowest BCUT2D eigenvalue weighted by atomic mass is 9.98. The minimum atomic E-state index is 0.352. The lowest BCUT2D eigenvalue weighted by molar-refractivity contribution is 0.155. The van der Waals surface area contributed by atoms with Crippen LogP contribution in [0.2, 0.25) is 5.02 Å². The van der Waals surface area contributed by atoms with E-state index < -0.39 is 0 Å². The predicted octanol–water partition coefficient (Wildman–Crippen LogP) is 4.42. The number of halogens is 2. The quantitative estimate of drug-likeness (QED) is 0.873. The zero-order chi connectivity index (χ0) is 12.7. The van der Waals surface area contributed by atoms with Gasteiger partial charge in [0.1, 0.15) is 5.75 Å². The Bertz CT molecular complexity index is 338. The molecule has 0 atom stereocenters. The molecule has 0 aliphatic heterocycles. The van der Waals surface area contributed by atoms with Crippen LogP contribution in [-0.4, -0.2) is 18.3 Å². The fourth-order valence-electron chi connectivity index (χ4n) is 1.93. The van der Waals surface area contributed by atoms with Crippen molar-refractivity contribution < 1.29 is 9.84 Å². The molecule has 0 saturated heterocycles. The number of benzene rings is 1. The first-order valence-electron chi connectivity index (χ1n) is 5.82. The van der Waals surface area contributed by atoms with Crippen LogP contribution in [0, 0.1) is 0 Å². The van der Waals surface area contributed by atoms with Gasteiger partial charge in [-0.25, -0.2) is 0 Å². The first kappa shape index (κ1) is 14.8. The zero-order valence-corrected chi connectivity index (χ0v) is 12.3. The molecular weight excluding hydrogens is 303 g/mol. The molecule has 1 aliphatic rings. The number of hydrogen-bond donors (Lipinski definition) is 1. The number of ether oxygens (including phenoxy) is 1. The molecule has 1 aromatic carbocycles. The molecular formula is C13H18BrClO2. The predicted molar refractivity (Wildman–Crippen MR) is 74.8 cm³/mol.